The van der Waals surface area contributed by atoms with E-state index in [-0.39, 0.29) is 12.5 Å². The highest BCUT2D eigenvalue weighted by Gasteiger charge is 2.35. The van der Waals surface area contributed by atoms with Crippen LogP contribution in [0, 0.1) is 0 Å². The number of nitrogens with one attached hydrogen (secondary N) is 1. The van der Waals surface area contributed by atoms with Crippen molar-refractivity contribution in [2.45, 2.75) is 31.6 Å². The number of carbonyl (C=O) groups is 2. The summed E-state index contributed by atoms with van der Waals surface area (Å²) in [4.78, 5) is 24.2. The number of hydrogen-bond donors (Lipinski definition) is 2. The zero-order valence-corrected chi connectivity index (χ0v) is 13.7. The predicted octanol–water partition coefficient (Wildman–Crippen LogP) is 2.95. The van der Waals surface area contributed by atoms with Crippen molar-refractivity contribution in [2.75, 3.05) is 6.54 Å². The molecule has 4 heteroatoms. The minimum atomic E-state index is -1.16. The van der Waals surface area contributed by atoms with Crippen LogP contribution in [0.2, 0.25) is 0 Å². The Morgan fingerprint density at radius 1 is 1.08 bits per heavy atom. The number of fused-ring (bicyclic) bond motifs is 1. The highest BCUT2D eigenvalue weighted by Crippen LogP contribution is 2.25. The van der Waals surface area contributed by atoms with E-state index in [0.717, 1.165) is 19.3 Å². The number of benzene rings is 2. The largest absolute Gasteiger partial charge is 0.481 e. The first-order valence-electron chi connectivity index (χ1n) is 8.19. The van der Waals surface area contributed by atoms with Crippen molar-refractivity contribution in [3.8, 4) is 0 Å². The molecule has 1 amide bonds. The van der Waals surface area contributed by atoms with Crippen LogP contribution in [-0.2, 0) is 23.1 Å². The van der Waals surface area contributed by atoms with Gasteiger partial charge < -0.3 is 10.4 Å². The summed E-state index contributed by atoms with van der Waals surface area (Å²) in [5.74, 6) is -1.18. The number of hydrogen-bond acceptors (Lipinski definition) is 2. The molecule has 0 fully saturated rings. The van der Waals surface area contributed by atoms with Gasteiger partial charge in [0.25, 0.3) is 5.91 Å². The first kappa shape index (κ1) is 16.2. The van der Waals surface area contributed by atoms with Gasteiger partial charge in [0.15, 0.2) is 0 Å². The van der Waals surface area contributed by atoms with Crippen LogP contribution in [0.25, 0.3) is 0 Å². The molecule has 1 aliphatic carbocycles. The summed E-state index contributed by atoms with van der Waals surface area (Å²) in [5.41, 5.74) is 2.65. The monoisotopic (exact) mass is 323 g/mol. The van der Waals surface area contributed by atoms with Gasteiger partial charge in [-0.3, -0.25) is 9.59 Å². The number of aliphatic carboxylic acids is 1. The summed E-state index contributed by atoms with van der Waals surface area (Å²) < 4.78 is 0. The third-order valence-electron chi connectivity index (χ3n) is 4.85. The third-order valence-corrected chi connectivity index (χ3v) is 4.85. The van der Waals surface area contributed by atoms with Crippen LogP contribution in [-0.4, -0.2) is 23.5 Å². The molecule has 0 aliphatic heterocycles. The molecule has 0 aromatic heterocycles. The van der Waals surface area contributed by atoms with Crippen LogP contribution in [0.1, 0.15) is 40.4 Å². The first-order valence-corrected chi connectivity index (χ1v) is 8.19. The lowest BCUT2D eigenvalue weighted by Crippen LogP contribution is -2.44. The summed E-state index contributed by atoms with van der Waals surface area (Å²) in [6, 6.07) is 14.8. The Labute approximate surface area is 141 Å². The van der Waals surface area contributed by atoms with Gasteiger partial charge in [0, 0.05) is 12.1 Å². The number of aryl methyl sites for hydroxylation is 2. The smallest absolute Gasteiger partial charge is 0.315 e. The standard InChI is InChI=1S/C20H21NO3/c1-20(19(23)24,17-8-3-2-4-9-17)13-21-18(22)16-11-10-14-6-5-7-15(14)12-16/h2-4,8-12H,5-7,13H2,1H3,(H,21,22)(H,23,24). The highest BCUT2D eigenvalue weighted by molar-refractivity contribution is 5.95. The van der Waals surface area contributed by atoms with Crippen molar-refractivity contribution in [3.05, 3.63) is 70.8 Å². The molecule has 1 aliphatic rings. The Bertz CT molecular complexity index is 770. The number of carbonyl (C=O) groups excluding carboxylic acids is 1. The lowest BCUT2D eigenvalue weighted by molar-refractivity contribution is -0.142. The summed E-state index contributed by atoms with van der Waals surface area (Å²) >= 11 is 0. The van der Waals surface area contributed by atoms with Crippen molar-refractivity contribution in [1.82, 2.24) is 5.32 Å². The van der Waals surface area contributed by atoms with Crippen LogP contribution in [0.15, 0.2) is 48.5 Å². The summed E-state index contributed by atoms with van der Waals surface area (Å²) in [6.07, 6.45) is 3.21. The Morgan fingerprint density at radius 3 is 2.50 bits per heavy atom. The molecule has 0 radical (unpaired) electrons. The molecule has 2 aromatic carbocycles. The van der Waals surface area contributed by atoms with Crippen molar-refractivity contribution >= 4 is 11.9 Å². The average molecular weight is 323 g/mol. The van der Waals surface area contributed by atoms with E-state index < -0.39 is 11.4 Å². The topological polar surface area (TPSA) is 66.4 Å². The van der Waals surface area contributed by atoms with Crippen molar-refractivity contribution in [2.24, 2.45) is 0 Å². The second kappa shape index (κ2) is 6.48. The van der Waals surface area contributed by atoms with Gasteiger partial charge in [-0.05, 0) is 55.0 Å². The van der Waals surface area contributed by atoms with E-state index in [0.29, 0.717) is 11.1 Å². The lowest BCUT2D eigenvalue weighted by atomic mass is 9.82. The number of amides is 1. The van der Waals surface area contributed by atoms with Crippen molar-refractivity contribution in [1.29, 1.82) is 0 Å². The van der Waals surface area contributed by atoms with Crippen LogP contribution in [0.5, 0.6) is 0 Å². The summed E-state index contributed by atoms with van der Waals surface area (Å²) in [6.45, 7) is 1.68. The fourth-order valence-electron chi connectivity index (χ4n) is 3.18. The zero-order valence-electron chi connectivity index (χ0n) is 13.7. The van der Waals surface area contributed by atoms with Crippen LogP contribution in [0.4, 0.5) is 0 Å². The summed E-state index contributed by atoms with van der Waals surface area (Å²) in [5, 5.41) is 12.4. The van der Waals surface area contributed by atoms with E-state index in [9.17, 15) is 14.7 Å². The molecule has 0 saturated carbocycles. The Hall–Kier alpha value is -2.62. The molecule has 2 N–H and O–H groups in total. The molecule has 0 heterocycles. The third kappa shape index (κ3) is 3.04. The van der Waals surface area contributed by atoms with E-state index in [1.165, 1.54) is 11.1 Å². The van der Waals surface area contributed by atoms with Crippen molar-refractivity contribution < 1.29 is 14.7 Å². The van der Waals surface area contributed by atoms with E-state index in [1.54, 1.807) is 31.2 Å². The van der Waals surface area contributed by atoms with Gasteiger partial charge in [-0.1, -0.05) is 36.4 Å². The maximum absolute atomic E-state index is 12.4. The minimum absolute atomic E-state index is 0.0439. The maximum Gasteiger partial charge on any atom is 0.315 e. The van der Waals surface area contributed by atoms with Crippen LogP contribution < -0.4 is 5.32 Å². The fraction of sp³-hybridized carbons (Fsp3) is 0.300. The Kier molecular flexibility index (Phi) is 4.38. The molecule has 24 heavy (non-hydrogen) atoms. The van der Waals surface area contributed by atoms with Gasteiger partial charge in [0.05, 0.1) is 0 Å². The molecule has 1 unspecified atom stereocenters. The SMILES string of the molecule is CC(CNC(=O)c1ccc2c(c1)CCC2)(C(=O)O)c1ccccc1. The van der Waals surface area contributed by atoms with Crippen molar-refractivity contribution in [3.63, 3.8) is 0 Å². The molecular weight excluding hydrogens is 302 g/mol. The fourth-order valence-corrected chi connectivity index (χ4v) is 3.18. The molecule has 4 nitrogen and oxygen atoms in total. The molecule has 0 spiro atoms. The number of carboxylic acids is 1. The molecule has 2 aromatic rings. The Morgan fingerprint density at radius 2 is 1.79 bits per heavy atom. The number of carboxylic acid groups (broad SMARTS) is 1. The van der Waals surface area contributed by atoms with Gasteiger partial charge in [0.2, 0.25) is 0 Å². The lowest BCUT2D eigenvalue weighted by Gasteiger charge is -2.25. The summed E-state index contributed by atoms with van der Waals surface area (Å²) in [7, 11) is 0. The van der Waals surface area contributed by atoms with Crippen LogP contribution >= 0.6 is 0 Å². The first-order chi connectivity index (χ1) is 11.5. The van der Waals surface area contributed by atoms with E-state index in [2.05, 4.69) is 5.32 Å². The van der Waals surface area contributed by atoms with Gasteiger partial charge in [0.1, 0.15) is 5.41 Å². The van der Waals surface area contributed by atoms with Gasteiger partial charge in [-0.15, -0.1) is 0 Å². The molecule has 124 valence electrons. The van der Waals surface area contributed by atoms with E-state index >= 15 is 0 Å². The van der Waals surface area contributed by atoms with E-state index in [1.807, 2.05) is 24.3 Å². The molecular formula is C20H21NO3. The molecule has 0 saturated heterocycles. The predicted molar refractivity (Wildman–Crippen MR) is 92.2 cm³/mol. The van der Waals surface area contributed by atoms with E-state index in [4.69, 9.17) is 0 Å². The normalized spacial score (nSPS) is 15.4. The highest BCUT2D eigenvalue weighted by atomic mass is 16.4. The quantitative estimate of drug-likeness (QED) is 0.889. The van der Waals surface area contributed by atoms with Crippen LogP contribution in [0.3, 0.4) is 0 Å². The second-order valence-electron chi connectivity index (χ2n) is 6.52. The number of rotatable bonds is 5. The molecule has 3 rings (SSSR count). The maximum atomic E-state index is 12.4. The zero-order chi connectivity index (χ0) is 17.2. The second-order valence-corrected chi connectivity index (χ2v) is 6.52. The molecule has 0 bridgehead atoms. The minimum Gasteiger partial charge on any atom is -0.481 e. The van der Waals surface area contributed by atoms with Gasteiger partial charge in [-0.2, -0.15) is 0 Å². The average Bonchev–Trinajstić information content (AvgIpc) is 3.07. The van der Waals surface area contributed by atoms with Gasteiger partial charge >= 0.3 is 5.97 Å². The molecule has 1 atom stereocenters. The Balaban J connectivity index is 1.75. The van der Waals surface area contributed by atoms with Gasteiger partial charge in [-0.25, -0.2) is 0 Å².